The molecule has 0 saturated carbocycles. The normalized spacial score (nSPS) is 10.9. The zero-order valence-corrected chi connectivity index (χ0v) is 12.3. The van der Waals surface area contributed by atoms with E-state index in [0.29, 0.717) is 17.0 Å². The van der Waals surface area contributed by atoms with Crippen molar-refractivity contribution in [1.82, 2.24) is 30.0 Å². The van der Waals surface area contributed by atoms with Crippen LogP contribution in [-0.4, -0.2) is 35.9 Å². The molecule has 0 fully saturated rings. The Morgan fingerprint density at radius 3 is 2.95 bits per heavy atom. The molecule has 20 heavy (non-hydrogen) atoms. The number of rotatable bonds is 2. The van der Waals surface area contributed by atoms with Crippen LogP contribution < -0.4 is 5.32 Å². The molecule has 3 aromatic rings. The average molecular weight is 336 g/mol. The van der Waals surface area contributed by atoms with E-state index in [1.54, 1.807) is 11.3 Å². The quantitative estimate of drug-likeness (QED) is 0.738. The molecule has 8 nitrogen and oxygen atoms in total. The summed E-state index contributed by atoms with van der Waals surface area (Å²) in [7, 11) is 0. The molecule has 3 heterocycles. The molecule has 1 amide bonds. The number of pyridine rings is 1. The summed E-state index contributed by atoms with van der Waals surface area (Å²) in [5.41, 5.74) is 2.76. The van der Waals surface area contributed by atoms with Crippen LogP contribution >= 0.6 is 15.9 Å². The predicted molar refractivity (Wildman–Crippen MR) is 74.5 cm³/mol. The molecule has 0 atom stereocenters. The highest BCUT2D eigenvalue weighted by Gasteiger charge is 2.19. The molecule has 0 aliphatic rings. The van der Waals surface area contributed by atoms with E-state index >= 15 is 0 Å². The summed E-state index contributed by atoms with van der Waals surface area (Å²) >= 11 is 3.45. The second-order valence-corrected chi connectivity index (χ2v) is 5.15. The Morgan fingerprint density at radius 2 is 2.25 bits per heavy atom. The van der Waals surface area contributed by atoms with Crippen molar-refractivity contribution in [3.05, 3.63) is 33.7 Å². The van der Waals surface area contributed by atoms with Gasteiger partial charge in [0, 0.05) is 6.20 Å². The number of nitrogens with one attached hydrogen (secondary N) is 2. The summed E-state index contributed by atoms with van der Waals surface area (Å²) in [6, 6.07) is 1.95. The van der Waals surface area contributed by atoms with Gasteiger partial charge < -0.3 is 0 Å². The smallest absolute Gasteiger partial charge is 0.277 e. The molecule has 0 aliphatic heterocycles. The fraction of sp³-hybridized carbons (Fsp3) is 0.182. The van der Waals surface area contributed by atoms with Crippen LogP contribution in [0.3, 0.4) is 0 Å². The van der Waals surface area contributed by atoms with Gasteiger partial charge >= 0.3 is 0 Å². The molecule has 9 heteroatoms. The Kier molecular flexibility index (Phi) is 2.97. The maximum absolute atomic E-state index is 12.3. The van der Waals surface area contributed by atoms with E-state index < -0.39 is 0 Å². The number of H-pyrrole nitrogens is 1. The molecule has 0 spiro atoms. The van der Waals surface area contributed by atoms with Gasteiger partial charge in [-0.15, -0.1) is 5.10 Å². The Balaban J connectivity index is 2.11. The summed E-state index contributed by atoms with van der Waals surface area (Å²) in [6.07, 6.45) is 1.85. The SMILES string of the molecule is Cc1cc(Br)c2nc(C)c(C(=O)Nc3nn[nH]n3)n2c1. The minimum Gasteiger partial charge on any atom is -0.294 e. The highest BCUT2D eigenvalue weighted by Crippen LogP contribution is 2.22. The van der Waals surface area contributed by atoms with Crippen LogP contribution in [0.5, 0.6) is 0 Å². The standard InChI is InChI=1S/C11H10BrN7O/c1-5-3-7(12)9-13-6(2)8(19(9)4-5)10(20)14-11-15-17-18-16-11/h3-4H,1-2H3,(H2,14,15,16,17,18,20). The number of hydrogen-bond acceptors (Lipinski definition) is 5. The van der Waals surface area contributed by atoms with Crippen LogP contribution in [-0.2, 0) is 0 Å². The zero-order chi connectivity index (χ0) is 14.3. The molecular weight excluding hydrogens is 326 g/mol. The van der Waals surface area contributed by atoms with Crippen LogP contribution in [0, 0.1) is 13.8 Å². The first-order valence-electron chi connectivity index (χ1n) is 5.76. The first-order chi connectivity index (χ1) is 9.56. The van der Waals surface area contributed by atoms with Gasteiger partial charge in [0.25, 0.3) is 11.9 Å². The van der Waals surface area contributed by atoms with Crippen LogP contribution in [0.4, 0.5) is 5.95 Å². The third kappa shape index (κ3) is 2.05. The maximum Gasteiger partial charge on any atom is 0.277 e. The van der Waals surface area contributed by atoms with E-state index in [2.05, 4.69) is 46.9 Å². The van der Waals surface area contributed by atoms with Gasteiger partial charge in [-0.3, -0.25) is 14.5 Å². The summed E-state index contributed by atoms with van der Waals surface area (Å²) in [6.45, 7) is 3.72. The number of carbonyl (C=O) groups excluding carboxylic acids is 1. The summed E-state index contributed by atoms with van der Waals surface area (Å²) < 4.78 is 2.57. The van der Waals surface area contributed by atoms with E-state index in [-0.39, 0.29) is 11.9 Å². The Morgan fingerprint density at radius 1 is 1.45 bits per heavy atom. The maximum atomic E-state index is 12.3. The number of tetrazole rings is 1. The lowest BCUT2D eigenvalue weighted by Gasteiger charge is -2.04. The third-order valence-corrected chi connectivity index (χ3v) is 3.36. The Bertz CT molecular complexity index is 793. The topological polar surface area (TPSA) is 101 Å². The van der Waals surface area contributed by atoms with E-state index in [1.165, 1.54) is 0 Å². The number of nitrogens with zero attached hydrogens (tertiary/aromatic N) is 5. The molecule has 0 saturated heterocycles. The van der Waals surface area contributed by atoms with Gasteiger partial charge in [0.15, 0.2) is 5.65 Å². The summed E-state index contributed by atoms with van der Waals surface area (Å²) in [4.78, 5) is 16.7. The van der Waals surface area contributed by atoms with Crippen LogP contribution in [0.1, 0.15) is 21.7 Å². The fourth-order valence-electron chi connectivity index (χ4n) is 1.99. The van der Waals surface area contributed by atoms with Gasteiger partial charge in [0.2, 0.25) is 0 Å². The average Bonchev–Trinajstić information content (AvgIpc) is 2.96. The van der Waals surface area contributed by atoms with Crippen molar-refractivity contribution in [3.63, 3.8) is 0 Å². The molecule has 3 rings (SSSR count). The first-order valence-corrected chi connectivity index (χ1v) is 6.55. The summed E-state index contributed by atoms with van der Waals surface area (Å²) in [5, 5.41) is 15.6. The molecular formula is C11H10BrN7O. The number of aromatic nitrogens is 6. The highest BCUT2D eigenvalue weighted by molar-refractivity contribution is 9.10. The van der Waals surface area contributed by atoms with Gasteiger partial charge in [0.05, 0.1) is 10.2 Å². The number of aryl methyl sites for hydroxylation is 2. The van der Waals surface area contributed by atoms with Crippen molar-refractivity contribution in [2.75, 3.05) is 5.32 Å². The predicted octanol–water partition coefficient (Wildman–Crippen LogP) is 1.48. The Labute approximate surface area is 121 Å². The number of anilines is 1. The molecule has 0 radical (unpaired) electrons. The minimum atomic E-state index is -0.339. The van der Waals surface area contributed by atoms with Crippen molar-refractivity contribution in [2.24, 2.45) is 0 Å². The number of halogens is 1. The van der Waals surface area contributed by atoms with Gasteiger partial charge in [-0.25, -0.2) is 4.98 Å². The van der Waals surface area contributed by atoms with E-state index in [0.717, 1.165) is 10.0 Å². The lowest BCUT2D eigenvalue weighted by molar-refractivity contribution is 0.102. The van der Waals surface area contributed by atoms with Gasteiger partial charge in [-0.1, -0.05) is 5.10 Å². The number of carbonyl (C=O) groups is 1. The van der Waals surface area contributed by atoms with Crippen molar-refractivity contribution in [1.29, 1.82) is 0 Å². The van der Waals surface area contributed by atoms with E-state index in [4.69, 9.17) is 0 Å². The third-order valence-electron chi connectivity index (χ3n) is 2.77. The molecule has 102 valence electrons. The number of fused-ring (bicyclic) bond motifs is 1. The van der Waals surface area contributed by atoms with Crippen molar-refractivity contribution in [2.45, 2.75) is 13.8 Å². The molecule has 2 N–H and O–H groups in total. The highest BCUT2D eigenvalue weighted by atomic mass is 79.9. The van der Waals surface area contributed by atoms with Crippen LogP contribution in [0.2, 0.25) is 0 Å². The van der Waals surface area contributed by atoms with Crippen LogP contribution in [0.15, 0.2) is 16.7 Å². The number of hydrogen-bond donors (Lipinski definition) is 2. The van der Waals surface area contributed by atoms with Crippen LogP contribution in [0.25, 0.3) is 5.65 Å². The molecule has 0 aliphatic carbocycles. The molecule has 0 bridgehead atoms. The van der Waals surface area contributed by atoms with E-state index in [9.17, 15) is 4.79 Å². The lowest BCUT2D eigenvalue weighted by atomic mass is 10.3. The van der Waals surface area contributed by atoms with E-state index in [1.807, 2.05) is 19.2 Å². The van der Waals surface area contributed by atoms with Crippen molar-refractivity contribution >= 4 is 33.4 Å². The molecule has 3 aromatic heterocycles. The number of aromatic amines is 1. The first kappa shape index (κ1) is 12.7. The second kappa shape index (κ2) is 4.67. The zero-order valence-electron chi connectivity index (χ0n) is 10.7. The van der Waals surface area contributed by atoms with Gasteiger partial charge in [-0.05, 0) is 46.6 Å². The fourth-order valence-corrected chi connectivity index (χ4v) is 2.64. The number of amides is 1. The monoisotopic (exact) mass is 335 g/mol. The largest absolute Gasteiger partial charge is 0.294 e. The van der Waals surface area contributed by atoms with Gasteiger partial charge in [0.1, 0.15) is 5.69 Å². The number of imidazole rings is 1. The van der Waals surface area contributed by atoms with Crippen molar-refractivity contribution in [3.8, 4) is 0 Å². The molecule has 0 unspecified atom stereocenters. The lowest BCUT2D eigenvalue weighted by Crippen LogP contribution is -2.16. The van der Waals surface area contributed by atoms with Crippen molar-refractivity contribution < 1.29 is 4.79 Å². The minimum absolute atomic E-state index is 0.121. The van der Waals surface area contributed by atoms with Gasteiger partial charge in [-0.2, -0.15) is 5.21 Å². The molecule has 0 aromatic carbocycles. The second-order valence-electron chi connectivity index (χ2n) is 4.29. The summed E-state index contributed by atoms with van der Waals surface area (Å²) in [5.74, 6) is -0.218. The Hall–Kier alpha value is -2.29.